The molecular weight excluding hydrogens is 673 g/mol. The lowest BCUT2D eigenvalue weighted by molar-refractivity contribution is 0.669. The number of benzene rings is 8. The number of hydrogen-bond donors (Lipinski definition) is 0. The van der Waals surface area contributed by atoms with Crippen LogP contribution in [0, 0.1) is 0 Å². The highest BCUT2D eigenvalue weighted by molar-refractivity contribution is 6.27. The third-order valence-electron chi connectivity index (χ3n) is 10.5. The van der Waals surface area contributed by atoms with Gasteiger partial charge in [-0.3, -0.25) is 0 Å². The van der Waals surface area contributed by atoms with Crippen LogP contribution in [0.2, 0.25) is 0 Å². The largest absolute Gasteiger partial charge is 0.456 e. The molecule has 0 aliphatic carbocycles. The second-order valence-electron chi connectivity index (χ2n) is 13.8. The fourth-order valence-electron chi connectivity index (χ4n) is 7.91. The van der Waals surface area contributed by atoms with Crippen LogP contribution in [0.3, 0.4) is 0 Å². The molecule has 0 saturated heterocycles. The topological polar surface area (TPSA) is 64.7 Å². The normalized spacial score (nSPS) is 11.6. The van der Waals surface area contributed by atoms with E-state index in [9.17, 15) is 0 Å². The Balaban J connectivity index is 1.20. The van der Waals surface area contributed by atoms with Crippen molar-refractivity contribution in [3.63, 3.8) is 0 Å². The Labute approximate surface area is 316 Å². The molecule has 0 amide bonds. The Morgan fingerprint density at radius 3 is 1.73 bits per heavy atom. The predicted octanol–water partition coefficient (Wildman–Crippen LogP) is 13.0. The number of para-hydroxylation sites is 2. The molecule has 0 unspecified atom stereocenters. The van der Waals surface area contributed by atoms with E-state index in [1.165, 1.54) is 5.39 Å². The predicted molar refractivity (Wildman–Crippen MR) is 225 cm³/mol. The SMILES string of the molecule is c1ccc(-c2nc(-c3cccc(-c4c5c(cc6c(-c7ccccc7)nc7ccccc7c46)oc4ccccc45)c3)nc(-c3ccc4ccccc4c3)n2)cc1. The standard InChI is InChI=1S/C50H30N4O/c1-3-15-32(16-4-1)47-40-30-43-46(39-23-10-12-25-42(39)55-43)44(45(40)38-22-9-11-24-41(38)51-47)35-20-13-21-36(29-35)49-52-48(33-17-5-2-6-18-33)53-50(54-49)37-27-26-31-14-7-8-19-34(31)28-37/h1-30H. The minimum absolute atomic E-state index is 0.601. The first-order chi connectivity index (χ1) is 27.2. The Kier molecular flexibility index (Phi) is 7.10. The molecule has 256 valence electrons. The molecule has 0 saturated carbocycles. The van der Waals surface area contributed by atoms with Crippen molar-refractivity contribution in [1.29, 1.82) is 0 Å². The second kappa shape index (κ2) is 12.6. The van der Waals surface area contributed by atoms with Crippen LogP contribution >= 0.6 is 0 Å². The average molecular weight is 703 g/mol. The van der Waals surface area contributed by atoms with Crippen molar-refractivity contribution in [2.45, 2.75) is 0 Å². The Bertz CT molecular complexity index is 3260. The van der Waals surface area contributed by atoms with Crippen LogP contribution in [0.15, 0.2) is 186 Å². The zero-order valence-electron chi connectivity index (χ0n) is 29.5. The van der Waals surface area contributed by atoms with Gasteiger partial charge >= 0.3 is 0 Å². The van der Waals surface area contributed by atoms with E-state index >= 15 is 0 Å². The summed E-state index contributed by atoms with van der Waals surface area (Å²) in [5.41, 5.74) is 9.42. The van der Waals surface area contributed by atoms with Crippen LogP contribution in [0.4, 0.5) is 0 Å². The molecule has 3 heterocycles. The molecule has 0 bridgehead atoms. The van der Waals surface area contributed by atoms with Gasteiger partial charge in [0.05, 0.1) is 11.2 Å². The van der Waals surface area contributed by atoms with Gasteiger partial charge in [-0.1, -0.05) is 152 Å². The molecule has 0 aliphatic heterocycles. The average Bonchev–Trinajstić information content (AvgIpc) is 3.64. The van der Waals surface area contributed by atoms with Gasteiger partial charge < -0.3 is 4.42 Å². The van der Waals surface area contributed by atoms with E-state index in [0.717, 1.165) is 88.1 Å². The zero-order chi connectivity index (χ0) is 36.3. The maximum Gasteiger partial charge on any atom is 0.164 e. The summed E-state index contributed by atoms with van der Waals surface area (Å²) in [4.78, 5) is 20.6. The number of pyridine rings is 1. The van der Waals surface area contributed by atoms with Crippen LogP contribution in [0.5, 0.6) is 0 Å². The highest BCUT2D eigenvalue weighted by Crippen LogP contribution is 2.46. The maximum atomic E-state index is 6.64. The summed E-state index contributed by atoms with van der Waals surface area (Å²) in [6.45, 7) is 0. The second-order valence-corrected chi connectivity index (χ2v) is 13.8. The molecule has 5 nitrogen and oxygen atoms in total. The first-order valence-electron chi connectivity index (χ1n) is 18.4. The summed E-state index contributed by atoms with van der Waals surface area (Å²) in [5, 5.41) is 7.66. The van der Waals surface area contributed by atoms with E-state index in [1.54, 1.807) is 0 Å². The van der Waals surface area contributed by atoms with Gasteiger partial charge in [0.15, 0.2) is 17.5 Å². The third-order valence-corrected chi connectivity index (χ3v) is 10.5. The zero-order valence-corrected chi connectivity index (χ0v) is 29.5. The molecule has 0 radical (unpaired) electrons. The molecular formula is C50H30N4O. The van der Waals surface area contributed by atoms with Crippen molar-refractivity contribution in [3.05, 3.63) is 182 Å². The molecule has 0 fully saturated rings. The number of hydrogen-bond acceptors (Lipinski definition) is 5. The van der Waals surface area contributed by atoms with Crippen molar-refractivity contribution >= 4 is 54.4 Å². The van der Waals surface area contributed by atoms with Gasteiger partial charge in [-0.05, 0) is 46.7 Å². The van der Waals surface area contributed by atoms with Gasteiger partial charge in [0.25, 0.3) is 0 Å². The summed E-state index contributed by atoms with van der Waals surface area (Å²) in [6, 6.07) is 62.7. The monoisotopic (exact) mass is 702 g/mol. The number of rotatable bonds is 5. The van der Waals surface area contributed by atoms with Gasteiger partial charge in [-0.2, -0.15) is 0 Å². The lowest BCUT2D eigenvalue weighted by Crippen LogP contribution is -2.00. The smallest absolute Gasteiger partial charge is 0.164 e. The quantitative estimate of drug-likeness (QED) is 0.167. The van der Waals surface area contributed by atoms with E-state index in [1.807, 2.05) is 48.5 Å². The highest BCUT2D eigenvalue weighted by atomic mass is 16.3. The highest BCUT2D eigenvalue weighted by Gasteiger charge is 2.22. The van der Waals surface area contributed by atoms with Gasteiger partial charge in [0.1, 0.15) is 11.2 Å². The van der Waals surface area contributed by atoms with Gasteiger partial charge in [-0.25, -0.2) is 19.9 Å². The van der Waals surface area contributed by atoms with Crippen molar-refractivity contribution in [2.24, 2.45) is 0 Å². The van der Waals surface area contributed by atoms with Crippen LogP contribution in [0.25, 0.3) is 111 Å². The van der Waals surface area contributed by atoms with Gasteiger partial charge in [0, 0.05) is 54.7 Å². The van der Waals surface area contributed by atoms with E-state index in [-0.39, 0.29) is 0 Å². The van der Waals surface area contributed by atoms with E-state index in [2.05, 4.69) is 133 Å². The van der Waals surface area contributed by atoms with Crippen LogP contribution < -0.4 is 0 Å². The van der Waals surface area contributed by atoms with Crippen molar-refractivity contribution < 1.29 is 4.42 Å². The number of nitrogens with zero attached hydrogens (tertiary/aromatic N) is 4. The lowest BCUT2D eigenvalue weighted by Gasteiger charge is -2.16. The van der Waals surface area contributed by atoms with E-state index < -0.39 is 0 Å². The fraction of sp³-hybridized carbons (Fsp3) is 0. The summed E-state index contributed by atoms with van der Waals surface area (Å²) < 4.78 is 6.64. The minimum atomic E-state index is 0.601. The number of fused-ring (bicyclic) bond motifs is 7. The van der Waals surface area contributed by atoms with Gasteiger partial charge in [0.2, 0.25) is 0 Å². The molecule has 5 heteroatoms. The molecule has 0 aliphatic rings. The third kappa shape index (κ3) is 5.24. The molecule has 8 aromatic carbocycles. The molecule has 55 heavy (non-hydrogen) atoms. The number of aromatic nitrogens is 4. The van der Waals surface area contributed by atoms with E-state index in [4.69, 9.17) is 24.4 Å². The van der Waals surface area contributed by atoms with E-state index in [0.29, 0.717) is 17.5 Å². The van der Waals surface area contributed by atoms with Crippen LogP contribution in [-0.2, 0) is 0 Å². The van der Waals surface area contributed by atoms with Crippen molar-refractivity contribution in [2.75, 3.05) is 0 Å². The van der Waals surface area contributed by atoms with Crippen molar-refractivity contribution in [3.8, 4) is 56.5 Å². The summed E-state index contributed by atoms with van der Waals surface area (Å²) in [7, 11) is 0. The molecule has 11 rings (SSSR count). The Hall–Kier alpha value is -7.50. The first kappa shape index (κ1) is 31.1. The molecule has 0 atom stereocenters. The van der Waals surface area contributed by atoms with Crippen molar-refractivity contribution in [1.82, 2.24) is 19.9 Å². The molecule has 3 aromatic heterocycles. The summed E-state index contributed by atoms with van der Waals surface area (Å²) in [5.74, 6) is 1.85. The van der Waals surface area contributed by atoms with Crippen LogP contribution in [0.1, 0.15) is 0 Å². The lowest BCUT2D eigenvalue weighted by atomic mass is 9.89. The Morgan fingerprint density at radius 2 is 0.927 bits per heavy atom. The molecule has 0 spiro atoms. The first-order valence-corrected chi connectivity index (χ1v) is 18.4. The summed E-state index contributed by atoms with van der Waals surface area (Å²) in [6.07, 6.45) is 0. The summed E-state index contributed by atoms with van der Waals surface area (Å²) >= 11 is 0. The Morgan fingerprint density at radius 1 is 0.327 bits per heavy atom. The minimum Gasteiger partial charge on any atom is -0.456 e. The fourth-order valence-corrected chi connectivity index (χ4v) is 7.91. The number of furan rings is 1. The van der Waals surface area contributed by atoms with Crippen LogP contribution in [-0.4, -0.2) is 19.9 Å². The molecule has 11 aromatic rings. The van der Waals surface area contributed by atoms with Gasteiger partial charge in [-0.15, -0.1) is 0 Å². The maximum absolute atomic E-state index is 6.64. The molecule has 0 N–H and O–H groups in total.